The molecule has 4 aromatic rings. The van der Waals surface area contributed by atoms with Crippen LogP contribution in [0.25, 0.3) is 32.0 Å². The van der Waals surface area contributed by atoms with Crippen molar-refractivity contribution in [2.24, 2.45) is 0 Å². The lowest BCUT2D eigenvalue weighted by Gasteiger charge is -2.01. The topological polar surface area (TPSA) is 80.8 Å². The van der Waals surface area contributed by atoms with Gasteiger partial charge in [-0.2, -0.15) is 5.10 Å². The lowest BCUT2D eigenvalue weighted by Crippen LogP contribution is -2.06. The van der Waals surface area contributed by atoms with Crippen LogP contribution in [0.1, 0.15) is 28.5 Å². The number of aromatic amines is 1. The first-order valence-corrected chi connectivity index (χ1v) is 9.44. The van der Waals surface area contributed by atoms with Gasteiger partial charge in [0.1, 0.15) is 10.7 Å². The summed E-state index contributed by atoms with van der Waals surface area (Å²) in [5.74, 6) is -0.438. The fraction of sp³-hybridized carbons (Fsp3) is 0.200. The number of H-pyrrole nitrogens is 1. The molecule has 0 amide bonds. The number of carbonyl (C=O) groups is 1. The molecular formula is C20H18N4O2S. The van der Waals surface area contributed by atoms with Gasteiger partial charge in [-0.25, -0.2) is 9.78 Å². The molecule has 0 unspecified atom stereocenters. The standard InChI is InChI=1S/C20H18N4O2S/c1-4-26-20(25)17-18(13-6-5-9-21-10-13)27-19(22-17)16-14-11(2)7-8-12(3)15(14)23-24-16/h5-10H,4H2,1-3H3,(H,23,24). The van der Waals surface area contributed by atoms with E-state index < -0.39 is 5.97 Å². The number of thiazole rings is 1. The predicted molar refractivity (Wildman–Crippen MR) is 106 cm³/mol. The van der Waals surface area contributed by atoms with Gasteiger partial charge in [0.25, 0.3) is 0 Å². The average Bonchev–Trinajstić information content (AvgIpc) is 3.31. The summed E-state index contributed by atoms with van der Waals surface area (Å²) < 4.78 is 5.21. The van der Waals surface area contributed by atoms with Gasteiger partial charge in [-0.05, 0) is 38.0 Å². The minimum atomic E-state index is -0.438. The van der Waals surface area contributed by atoms with E-state index in [1.807, 2.05) is 26.0 Å². The van der Waals surface area contributed by atoms with Gasteiger partial charge in [0.05, 0.1) is 17.0 Å². The summed E-state index contributed by atoms with van der Waals surface area (Å²) in [4.78, 5) is 22.0. The molecule has 0 fully saturated rings. The maximum atomic E-state index is 12.5. The molecule has 7 heteroatoms. The smallest absolute Gasteiger partial charge is 0.358 e. The SMILES string of the molecule is CCOC(=O)c1nc(-c2n[nH]c3c(C)ccc(C)c23)sc1-c1cccnc1. The minimum absolute atomic E-state index is 0.293. The van der Waals surface area contributed by atoms with Crippen LogP contribution in [0.15, 0.2) is 36.7 Å². The van der Waals surface area contributed by atoms with Gasteiger partial charge in [-0.1, -0.05) is 18.2 Å². The number of pyridine rings is 1. The highest BCUT2D eigenvalue weighted by Gasteiger charge is 2.24. The number of nitrogens with zero attached hydrogens (tertiary/aromatic N) is 3. The van der Waals surface area contributed by atoms with E-state index >= 15 is 0 Å². The third-order valence-corrected chi connectivity index (χ3v) is 5.47. The summed E-state index contributed by atoms with van der Waals surface area (Å²) in [6, 6.07) is 7.87. The van der Waals surface area contributed by atoms with Gasteiger partial charge in [0, 0.05) is 23.3 Å². The maximum Gasteiger partial charge on any atom is 0.358 e. The third kappa shape index (κ3) is 3.00. The van der Waals surface area contributed by atoms with Crippen LogP contribution in [0, 0.1) is 13.8 Å². The Balaban J connectivity index is 1.93. The van der Waals surface area contributed by atoms with E-state index in [1.54, 1.807) is 19.3 Å². The van der Waals surface area contributed by atoms with E-state index in [0.717, 1.165) is 38.2 Å². The van der Waals surface area contributed by atoms with Crippen molar-refractivity contribution in [3.05, 3.63) is 53.5 Å². The van der Waals surface area contributed by atoms with Gasteiger partial charge in [0.15, 0.2) is 5.69 Å². The molecule has 0 saturated heterocycles. The van der Waals surface area contributed by atoms with Crippen LogP contribution in [0.3, 0.4) is 0 Å². The summed E-state index contributed by atoms with van der Waals surface area (Å²) >= 11 is 1.42. The van der Waals surface area contributed by atoms with Crippen molar-refractivity contribution < 1.29 is 9.53 Å². The summed E-state index contributed by atoms with van der Waals surface area (Å²) in [6.07, 6.45) is 3.42. The molecule has 1 N–H and O–H groups in total. The zero-order chi connectivity index (χ0) is 19.0. The van der Waals surface area contributed by atoms with Gasteiger partial charge in [-0.3, -0.25) is 10.1 Å². The van der Waals surface area contributed by atoms with E-state index in [0.29, 0.717) is 17.3 Å². The van der Waals surface area contributed by atoms with Crippen molar-refractivity contribution >= 4 is 28.2 Å². The zero-order valence-electron chi connectivity index (χ0n) is 15.2. The first kappa shape index (κ1) is 17.4. The highest BCUT2D eigenvalue weighted by Crippen LogP contribution is 2.38. The van der Waals surface area contributed by atoms with Crippen LogP contribution >= 0.6 is 11.3 Å². The van der Waals surface area contributed by atoms with E-state index in [-0.39, 0.29) is 0 Å². The molecule has 27 heavy (non-hydrogen) atoms. The molecule has 0 bridgehead atoms. The molecule has 0 atom stereocenters. The van der Waals surface area contributed by atoms with Gasteiger partial charge in [-0.15, -0.1) is 11.3 Å². The van der Waals surface area contributed by atoms with Crippen LogP contribution < -0.4 is 0 Å². The molecule has 4 rings (SSSR count). The fourth-order valence-electron chi connectivity index (χ4n) is 3.03. The first-order chi connectivity index (χ1) is 13.1. The number of aryl methyl sites for hydroxylation is 2. The molecule has 0 saturated carbocycles. The number of ether oxygens (including phenoxy) is 1. The number of esters is 1. The van der Waals surface area contributed by atoms with Gasteiger partial charge >= 0.3 is 5.97 Å². The van der Waals surface area contributed by atoms with Crippen molar-refractivity contribution in [1.82, 2.24) is 20.2 Å². The second-order valence-electron chi connectivity index (χ2n) is 6.18. The van der Waals surface area contributed by atoms with Crippen molar-refractivity contribution in [2.75, 3.05) is 6.61 Å². The van der Waals surface area contributed by atoms with E-state index in [4.69, 9.17) is 4.74 Å². The van der Waals surface area contributed by atoms with E-state index in [2.05, 4.69) is 32.3 Å². The summed E-state index contributed by atoms with van der Waals surface area (Å²) in [5.41, 5.74) is 5.08. The number of carbonyl (C=O) groups excluding carboxylic acids is 1. The van der Waals surface area contributed by atoms with Crippen molar-refractivity contribution in [2.45, 2.75) is 20.8 Å². The fourth-order valence-corrected chi connectivity index (χ4v) is 4.07. The third-order valence-electron chi connectivity index (χ3n) is 4.36. The minimum Gasteiger partial charge on any atom is -0.461 e. The highest BCUT2D eigenvalue weighted by molar-refractivity contribution is 7.18. The van der Waals surface area contributed by atoms with Gasteiger partial charge in [0.2, 0.25) is 0 Å². The Kier molecular flexibility index (Phi) is 4.45. The molecule has 6 nitrogen and oxygen atoms in total. The normalized spacial score (nSPS) is 11.1. The Bertz CT molecular complexity index is 1130. The maximum absolute atomic E-state index is 12.5. The van der Waals surface area contributed by atoms with Crippen LogP contribution in [-0.4, -0.2) is 32.7 Å². The van der Waals surface area contributed by atoms with Crippen LogP contribution in [-0.2, 0) is 4.74 Å². The zero-order valence-corrected chi connectivity index (χ0v) is 16.1. The molecular weight excluding hydrogens is 360 g/mol. The average molecular weight is 378 g/mol. The second-order valence-corrected chi connectivity index (χ2v) is 7.18. The first-order valence-electron chi connectivity index (χ1n) is 8.63. The Morgan fingerprint density at radius 3 is 2.78 bits per heavy atom. The number of rotatable bonds is 4. The van der Waals surface area contributed by atoms with Crippen molar-refractivity contribution in [1.29, 1.82) is 0 Å². The van der Waals surface area contributed by atoms with Gasteiger partial charge < -0.3 is 4.74 Å². The largest absolute Gasteiger partial charge is 0.461 e. The molecule has 136 valence electrons. The van der Waals surface area contributed by atoms with E-state index in [9.17, 15) is 4.79 Å². The molecule has 0 aliphatic heterocycles. The van der Waals surface area contributed by atoms with Crippen molar-refractivity contribution in [3.63, 3.8) is 0 Å². The molecule has 0 spiro atoms. The molecule has 0 radical (unpaired) electrons. The molecule has 3 aromatic heterocycles. The van der Waals surface area contributed by atoms with Crippen molar-refractivity contribution in [3.8, 4) is 21.1 Å². The highest BCUT2D eigenvalue weighted by atomic mass is 32.1. The monoisotopic (exact) mass is 378 g/mol. The van der Waals surface area contributed by atoms with Crippen LogP contribution in [0.4, 0.5) is 0 Å². The Morgan fingerprint density at radius 2 is 2.04 bits per heavy atom. The Labute approximate surface area is 160 Å². The number of nitrogens with one attached hydrogen (secondary N) is 1. The lowest BCUT2D eigenvalue weighted by atomic mass is 10.1. The Hall–Kier alpha value is -3.06. The lowest BCUT2D eigenvalue weighted by molar-refractivity contribution is 0.0521. The molecule has 1 aromatic carbocycles. The number of aromatic nitrogens is 4. The molecule has 0 aliphatic carbocycles. The summed E-state index contributed by atoms with van der Waals surface area (Å²) in [6.45, 7) is 6.16. The number of fused-ring (bicyclic) bond motifs is 1. The summed E-state index contributed by atoms with van der Waals surface area (Å²) in [7, 11) is 0. The number of hydrogen-bond donors (Lipinski definition) is 1. The number of hydrogen-bond acceptors (Lipinski definition) is 6. The quantitative estimate of drug-likeness (QED) is 0.527. The molecule has 0 aliphatic rings. The van der Waals surface area contributed by atoms with E-state index in [1.165, 1.54) is 11.3 Å². The summed E-state index contributed by atoms with van der Waals surface area (Å²) in [5, 5.41) is 9.31. The molecule has 3 heterocycles. The number of benzene rings is 1. The van der Waals surface area contributed by atoms with Crippen LogP contribution in [0.5, 0.6) is 0 Å². The second kappa shape index (κ2) is 6.92. The van der Waals surface area contributed by atoms with Crippen LogP contribution in [0.2, 0.25) is 0 Å². The predicted octanol–water partition coefficient (Wildman–Crippen LogP) is 4.54. The Morgan fingerprint density at radius 1 is 1.22 bits per heavy atom.